The summed E-state index contributed by atoms with van der Waals surface area (Å²) in [4.78, 5) is 38.4. The number of carbonyl (C=O) groups is 3. The van der Waals surface area contributed by atoms with Gasteiger partial charge in [0.05, 0.1) is 34.4 Å². The van der Waals surface area contributed by atoms with Gasteiger partial charge in [-0.05, 0) is 31.3 Å². The molecule has 1 aromatic carbocycles. The number of thiocarbonyl (C=S) groups is 1. The predicted molar refractivity (Wildman–Crippen MR) is 111 cm³/mol. The summed E-state index contributed by atoms with van der Waals surface area (Å²) in [5.41, 5.74) is 0.218. The summed E-state index contributed by atoms with van der Waals surface area (Å²) in [6.07, 6.45) is -0.181. The van der Waals surface area contributed by atoms with E-state index in [4.69, 9.17) is 31.2 Å². The number of hydrogen-bond acceptors (Lipinski definition) is 8. The molecule has 1 atom stereocenters. The van der Waals surface area contributed by atoms with E-state index in [0.29, 0.717) is 30.3 Å². The molecular weight excluding hydrogens is 414 g/mol. The lowest BCUT2D eigenvalue weighted by Crippen LogP contribution is -2.60. The normalized spacial score (nSPS) is 15.7. The van der Waals surface area contributed by atoms with Crippen LogP contribution in [-0.4, -0.2) is 74.9 Å². The van der Waals surface area contributed by atoms with Gasteiger partial charge in [-0.15, -0.1) is 0 Å². The Morgan fingerprint density at radius 1 is 1.20 bits per heavy atom. The number of rotatable bonds is 7. The molecule has 0 unspecified atom stereocenters. The zero-order valence-electron chi connectivity index (χ0n) is 17.3. The molecule has 0 bridgehead atoms. The lowest BCUT2D eigenvalue weighted by Gasteiger charge is -2.36. The average Bonchev–Trinajstić information content (AvgIpc) is 2.73. The van der Waals surface area contributed by atoms with E-state index in [1.54, 1.807) is 6.92 Å². The molecular formula is C19H25N3O7S. The van der Waals surface area contributed by atoms with Crippen LogP contribution in [0.2, 0.25) is 0 Å². The molecule has 0 aromatic heterocycles. The molecule has 0 aliphatic carbocycles. The van der Waals surface area contributed by atoms with Crippen molar-refractivity contribution < 1.29 is 33.3 Å². The lowest BCUT2D eigenvalue weighted by molar-refractivity contribution is -0.147. The van der Waals surface area contributed by atoms with Crippen molar-refractivity contribution >= 4 is 35.1 Å². The van der Waals surface area contributed by atoms with E-state index in [0.717, 1.165) is 0 Å². The summed E-state index contributed by atoms with van der Waals surface area (Å²) in [6.45, 7) is 2.55. The molecule has 30 heavy (non-hydrogen) atoms. The number of carbonyl (C=O) groups excluding carboxylic acids is 3. The second-order valence-corrected chi connectivity index (χ2v) is 6.57. The van der Waals surface area contributed by atoms with Gasteiger partial charge in [0.2, 0.25) is 11.7 Å². The van der Waals surface area contributed by atoms with Gasteiger partial charge >= 0.3 is 5.97 Å². The molecule has 0 saturated carbocycles. The van der Waals surface area contributed by atoms with E-state index >= 15 is 0 Å². The minimum Gasteiger partial charge on any atom is -0.493 e. The minimum absolute atomic E-state index is 0.0258. The maximum Gasteiger partial charge on any atom is 0.308 e. The van der Waals surface area contributed by atoms with Crippen molar-refractivity contribution in [3.8, 4) is 17.2 Å². The van der Waals surface area contributed by atoms with E-state index in [-0.39, 0.29) is 29.6 Å². The van der Waals surface area contributed by atoms with Crippen LogP contribution >= 0.6 is 12.2 Å². The van der Waals surface area contributed by atoms with Gasteiger partial charge < -0.3 is 29.2 Å². The zero-order valence-corrected chi connectivity index (χ0v) is 18.1. The van der Waals surface area contributed by atoms with E-state index in [1.807, 2.05) is 0 Å². The Morgan fingerprint density at radius 3 is 2.37 bits per heavy atom. The summed E-state index contributed by atoms with van der Waals surface area (Å²) in [7, 11) is 4.34. The van der Waals surface area contributed by atoms with Crippen molar-refractivity contribution in [3.63, 3.8) is 0 Å². The Labute approximate surface area is 179 Å². The molecule has 1 heterocycles. The number of nitrogens with zero attached hydrogens (tertiary/aromatic N) is 1. The van der Waals surface area contributed by atoms with Crippen LogP contribution in [0.4, 0.5) is 0 Å². The van der Waals surface area contributed by atoms with Crippen LogP contribution in [-0.2, 0) is 14.3 Å². The molecule has 2 rings (SSSR count). The highest BCUT2D eigenvalue weighted by Gasteiger charge is 2.34. The highest BCUT2D eigenvalue weighted by molar-refractivity contribution is 7.80. The summed E-state index contributed by atoms with van der Waals surface area (Å²) in [5, 5.41) is 5.31. The Morgan fingerprint density at radius 2 is 1.83 bits per heavy atom. The first-order valence-electron chi connectivity index (χ1n) is 9.21. The van der Waals surface area contributed by atoms with Crippen LogP contribution in [0.25, 0.3) is 0 Å². The largest absolute Gasteiger partial charge is 0.493 e. The van der Waals surface area contributed by atoms with Crippen LogP contribution in [0.1, 0.15) is 23.7 Å². The van der Waals surface area contributed by atoms with E-state index in [1.165, 1.54) is 38.4 Å². The smallest absolute Gasteiger partial charge is 0.308 e. The fourth-order valence-corrected chi connectivity index (χ4v) is 3.30. The van der Waals surface area contributed by atoms with Gasteiger partial charge in [-0.2, -0.15) is 0 Å². The van der Waals surface area contributed by atoms with Crippen molar-refractivity contribution in [1.82, 2.24) is 15.5 Å². The van der Waals surface area contributed by atoms with Gasteiger partial charge in [-0.3, -0.25) is 19.7 Å². The molecule has 0 radical (unpaired) electrons. The van der Waals surface area contributed by atoms with Crippen molar-refractivity contribution in [2.75, 3.05) is 41.0 Å². The van der Waals surface area contributed by atoms with Gasteiger partial charge in [0.25, 0.3) is 5.91 Å². The van der Waals surface area contributed by atoms with Gasteiger partial charge in [0, 0.05) is 18.7 Å². The molecule has 1 aliphatic rings. The van der Waals surface area contributed by atoms with E-state index < -0.39 is 17.9 Å². The Balaban J connectivity index is 2.20. The van der Waals surface area contributed by atoms with Gasteiger partial charge in [-0.25, -0.2) is 0 Å². The second kappa shape index (κ2) is 10.6. The fourth-order valence-electron chi connectivity index (χ4n) is 2.99. The number of nitrogens with one attached hydrogen (secondary N) is 2. The van der Waals surface area contributed by atoms with Crippen molar-refractivity contribution in [1.29, 1.82) is 0 Å². The minimum atomic E-state index is -0.870. The van der Waals surface area contributed by atoms with Crippen molar-refractivity contribution in [2.45, 2.75) is 19.4 Å². The van der Waals surface area contributed by atoms with Gasteiger partial charge in [0.1, 0.15) is 6.04 Å². The molecule has 1 saturated heterocycles. The molecule has 1 aliphatic heterocycles. The van der Waals surface area contributed by atoms with Crippen LogP contribution in [0.5, 0.6) is 17.2 Å². The molecule has 1 aromatic rings. The van der Waals surface area contributed by atoms with E-state index in [9.17, 15) is 14.4 Å². The molecule has 1 fully saturated rings. The molecule has 0 spiro atoms. The molecule has 2 N–H and O–H groups in total. The maximum atomic E-state index is 12.8. The summed E-state index contributed by atoms with van der Waals surface area (Å²) in [5.74, 6) is -0.445. The SMILES string of the molecule is CCOC(=O)C[C@@H]1C(=O)NCCN1C(=S)NC(=O)c1cc(OC)c(OC)c(OC)c1. The monoisotopic (exact) mass is 439 g/mol. The highest BCUT2D eigenvalue weighted by atomic mass is 32.1. The Bertz CT molecular complexity index is 805. The first kappa shape index (κ1) is 23.2. The number of ether oxygens (including phenoxy) is 4. The molecule has 10 nitrogen and oxygen atoms in total. The first-order chi connectivity index (χ1) is 14.4. The van der Waals surface area contributed by atoms with Crippen LogP contribution < -0.4 is 24.8 Å². The number of amides is 2. The van der Waals surface area contributed by atoms with E-state index in [2.05, 4.69) is 10.6 Å². The zero-order chi connectivity index (χ0) is 22.3. The van der Waals surface area contributed by atoms with Crippen LogP contribution in [0.15, 0.2) is 12.1 Å². The summed E-state index contributed by atoms with van der Waals surface area (Å²) < 4.78 is 20.7. The quantitative estimate of drug-likeness (QED) is 0.462. The topological polar surface area (TPSA) is 115 Å². The fraction of sp³-hybridized carbons (Fsp3) is 0.474. The first-order valence-corrected chi connectivity index (χ1v) is 9.62. The third-order valence-corrected chi connectivity index (χ3v) is 4.74. The standard InChI is InChI=1S/C19H25N3O7S/c1-5-29-15(23)10-12-18(25)20-6-7-22(12)19(30)21-17(24)11-8-13(26-2)16(28-4)14(9-11)27-3/h8-9,12H,5-7,10H2,1-4H3,(H,20,25)(H,21,24,30)/t12-/m1/s1. The number of hydrogen-bond donors (Lipinski definition) is 2. The third kappa shape index (κ3) is 5.29. The molecule has 2 amide bonds. The summed E-state index contributed by atoms with van der Waals surface area (Å²) >= 11 is 5.34. The summed E-state index contributed by atoms with van der Waals surface area (Å²) in [6, 6.07) is 2.10. The predicted octanol–water partition coefficient (Wildman–Crippen LogP) is 0.481. The van der Waals surface area contributed by atoms with Crippen molar-refractivity contribution in [2.24, 2.45) is 0 Å². The average molecular weight is 439 g/mol. The molecule has 164 valence electrons. The van der Waals surface area contributed by atoms with Crippen LogP contribution in [0.3, 0.4) is 0 Å². The van der Waals surface area contributed by atoms with Gasteiger partial charge in [0.15, 0.2) is 16.6 Å². The number of esters is 1. The lowest BCUT2D eigenvalue weighted by atomic mass is 10.1. The highest BCUT2D eigenvalue weighted by Crippen LogP contribution is 2.38. The maximum absolute atomic E-state index is 12.8. The Kier molecular flexibility index (Phi) is 8.22. The third-order valence-electron chi connectivity index (χ3n) is 4.40. The number of piperazine rings is 1. The van der Waals surface area contributed by atoms with Gasteiger partial charge in [-0.1, -0.05) is 0 Å². The Hall–Kier alpha value is -3.08. The second-order valence-electron chi connectivity index (χ2n) is 6.18. The number of benzene rings is 1. The van der Waals surface area contributed by atoms with Crippen molar-refractivity contribution in [3.05, 3.63) is 17.7 Å². The van der Waals surface area contributed by atoms with Crippen LogP contribution in [0, 0.1) is 0 Å². The molecule has 11 heteroatoms. The number of methoxy groups -OCH3 is 3.